The molecule has 0 fully saturated rings. The van der Waals surface area contributed by atoms with Crippen LogP contribution >= 0.6 is 0 Å². The molecule has 2 rings (SSSR count). The van der Waals surface area contributed by atoms with Gasteiger partial charge in [-0.1, -0.05) is 26.3 Å². The predicted molar refractivity (Wildman–Crippen MR) is 72.8 cm³/mol. The number of nitrogen functional groups attached to an aromatic ring is 1. The second-order valence-corrected chi connectivity index (χ2v) is 4.55. The Kier molecular flexibility index (Phi) is 3.75. The number of anilines is 2. The molecule has 1 heterocycles. The van der Waals surface area contributed by atoms with Crippen LogP contribution < -0.4 is 15.4 Å². The van der Waals surface area contributed by atoms with E-state index in [0.29, 0.717) is 18.7 Å². The molecular weight excluding hydrogens is 228 g/mol. The number of ether oxygens (including phenoxy) is 1. The molecule has 0 radical (unpaired) electrons. The number of unbranched alkanes of at least 4 members (excludes halogenated alkanes) is 1. The standard InChI is InChI=1S/C14H20N2O2/c1-3-5-9-16-13-10(15)7-6-8-12(13)18-11(4-2)14(16)17/h6-8,11H,3-5,9,15H2,1-2H3. The van der Waals surface area contributed by atoms with Gasteiger partial charge in [-0.3, -0.25) is 4.79 Å². The third-order valence-electron chi connectivity index (χ3n) is 3.22. The fraction of sp³-hybridized carbons (Fsp3) is 0.500. The summed E-state index contributed by atoms with van der Waals surface area (Å²) in [6.45, 7) is 4.77. The van der Waals surface area contributed by atoms with E-state index in [0.717, 1.165) is 24.3 Å². The molecule has 0 aromatic heterocycles. The molecule has 1 amide bonds. The first-order valence-corrected chi connectivity index (χ1v) is 6.55. The number of rotatable bonds is 4. The molecule has 0 bridgehead atoms. The van der Waals surface area contributed by atoms with E-state index in [1.165, 1.54) is 0 Å². The fourth-order valence-corrected chi connectivity index (χ4v) is 2.21. The highest BCUT2D eigenvalue weighted by molar-refractivity contribution is 6.02. The molecule has 2 N–H and O–H groups in total. The van der Waals surface area contributed by atoms with Crippen LogP contribution in [0.2, 0.25) is 0 Å². The van der Waals surface area contributed by atoms with Gasteiger partial charge < -0.3 is 15.4 Å². The summed E-state index contributed by atoms with van der Waals surface area (Å²) in [5.41, 5.74) is 7.32. The van der Waals surface area contributed by atoms with Gasteiger partial charge >= 0.3 is 0 Å². The van der Waals surface area contributed by atoms with Crippen LogP contribution in [0.4, 0.5) is 11.4 Å². The summed E-state index contributed by atoms with van der Waals surface area (Å²) in [7, 11) is 0. The maximum atomic E-state index is 12.3. The van der Waals surface area contributed by atoms with Crippen LogP contribution in [-0.2, 0) is 4.79 Å². The molecule has 0 spiro atoms. The Labute approximate surface area is 108 Å². The fourth-order valence-electron chi connectivity index (χ4n) is 2.21. The summed E-state index contributed by atoms with van der Waals surface area (Å²) in [6.07, 6.45) is 2.31. The molecule has 0 aliphatic carbocycles. The summed E-state index contributed by atoms with van der Waals surface area (Å²) >= 11 is 0. The zero-order valence-corrected chi connectivity index (χ0v) is 11.0. The SMILES string of the molecule is CCCCN1C(=O)C(CC)Oc2cccc(N)c21. The van der Waals surface area contributed by atoms with E-state index in [9.17, 15) is 4.79 Å². The molecule has 98 valence electrons. The number of hydrogen-bond donors (Lipinski definition) is 1. The van der Waals surface area contributed by atoms with E-state index in [2.05, 4.69) is 6.92 Å². The molecular formula is C14H20N2O2. The van der Waals surface area contributed by atoms with Crippen molar-refractivity contribution in [2.45, 2.75) is 39.2 Å². The Morgan fingerprint density at radius 1 is 1.39 bits per heavy atom. The summed E-state index contributed by atoms with van der Waals surface area (Å²) in [5, 5.41) is 0. The van der Waals surface area contributed by atoms with Crippen molar-refractivity contribution in [2.75, 3.05) is 17.2 Å². The Hall–Kier alpha value is -1.71. The number of nitrogens with zero attached hydrogens (tertiary/aromatic N) is 1. The van der Waals surface area contributed by atoms with Crippen molar-refractivity contribution < 1.29 is 9.53 Å². The molecule has 1 atom stereocenters. The third-order valence-corrected chi connectivity index (χ3v) is 3.22. The molecule has 4 heteroatoms. The largest absolute Gasteiger partial charge is 0.478 e. The number of benzene rings is 1. The maximum Gasteiger partial charge on any atom is 0.268 e. The third kappa shape index (κ3) is 2.15. The first kappa shape index (κ1) is 12.7. The molecule has 4 nitrogen and oxygen atoms in total. The normalized spacial score (nSPS) is 18.4. The van der Waals surface area contributed by atoms with E-state index >= 15 is 0 Å². The van der Waals surface area contributed by atoms with Crippen LogP contribution in [0.15, 0.2) is 18.2 Å². The summed E-state index contributed by atoms with van der Waals surface area (Å²) < 4.78 is 5.71. The molecule has 18 heavy (non-hydrogen) atoms. The lowest BCUT2D eigenvalue weighted by atomic mass is 10.1. The lowest BCUT2D eigenvalue weighted by Crippen LogP contribution is -2.46. The second-order valence-electron chi connectivity index (χ2n) is 4.55. The van der Waals surface area contributed by atoms with E-state index < -0.39 is 0 Å². The van der Waals surface area contributed by atoms with Crippen molar-refractivity contribution in [1.29, 1.82) is 0 Å². The lowest BCUT2D eigenvalue weighted by molar-refractivity contribution is -0.126. The molecule has 1 aromatic carbocycles. The number of para-hydroxylation sites is 1. The minimum Gasteiger partial charge on any atom is -0.478 e. The van der Waals surface area contributed by atoms with Gasteiger partial charge in [-0.2, -0.15) is 0 Å². The van der Waals surface area contributed by atoms with Gasteiger partial charge in [0.1, 0.15) is 11.4 Å². The van der Waals surface area contributed by atoms with Crippen LogP contribution in [0, 0.1) is 0 Å². The van der Waals surface area contributed by atoms with E-state index in [4.69, 9.17) is 10.5 Å². The van der Waals surface area contributed by atoms with Gasteiger partial charge in [0.25, 0.3) is 5.91 Å². The highest BCUT2D eigenvalue weighted by atomic mass is 16.5. The Morgan fingerprint density at radius 2 is 2.17 bits per heavy atom. The number of hydrogen-bond acceptors (Lipinski definition) is 3. The highest BCUT2D eigenvalue weighted by Gasteiger charge is 2.33. The van der Waals surface area contributed by atoms with Crippen LogP contribution in [0.1, 0.15) is 33.1 Å². The lowest BCUT2D eigenvalue weighted by Gasteiger charge is -2.34. The van der Waals surface area contributed by atoms with Gasteiger partial charge in [0.15, 0.2) is 6.10 Å². The average Bonchev–Trinajstić information content (AvgIpc) is 2.37. The maximum absolute atomic E-state index is 12.3. The Morgan fingerprint density at radius 3 is 2.83 bits per heavy atom. The zero-order valence-electron chi connectivity index (χ0n) is 11.0. The zero-order chi connectivity index (χ0) is 13.1. The molecule has 1 aromatic rings. The number of fused-ring (bicyclic) bond motifs is 1. The first-order chi connectivity index (χ1) is 8.69. The van der Waals surface area contributed by atoms with Gasteiger partial charge in [0.05, 0.1) is 5.69 Å². The quantitative estimate of drug-likeness (QED) is 0.833. The Bertz CT molecular complexity index is 445. The van der Waals surface area contributed by atoms with Crippen molar-refractivity contribution in [3.05, 3.63) is 18.2 Å². The van der Waals surface area contributed by atoms with Crippen molar-refractivity contribution in [1.82, 2.24) is 0 Å². The number of amides is 1. The smallest absolute Gasteiger partial charge is 0.268 e. The second kappa shape index (κ2) is 5.29. The molecule has 1 aliphatic heterocycles. The number of carbonyl (C=O) groups excluding carboxylic acids is 1. The summed E-state index contributed by atoms with van der Waals surface area (Å²) in [5.74, 6) is 0.744. The van der Waals surface area contributed by atoms with Gasteiger partial charge in [0, 0.05) is 6.54 Å². The number of carbonyl (C=O) groups is 1. The van der Waals surface area contributed by atoms with Gasteiger partial charge in [-0.25, -0.2) is 0 Å². The van der Waals surface area contributed by atoms with Crippen molar-refractivity contribution >= 4 is 17.3 Å². The van der Waals surface area contributed by atoms with E-state index in [1.54, 1.807) is 11.0 Å². The topological polar surface area (TPSA) is 55.6 Å². The molecule has 1 unspecified atom stereocenters. The highest BCUT2D eigenvalue weighted by Crippen LogP contribution is 2.39. The van der Waals surface area contributed by atoms with Gasteiger partial charge in [-0.15, -0.1) is 0 Å². The number of nitrogens with two attached hydrogens (primary N) is 1. The summed E-state index contributed by atoms with van der Waals surface area (Å²) in [4.78, 5) is 14.1. The minimum absolute atomic E-state index is 0.0244. The van der Waals surface area contributed by atoms with Crippen LogP contribution in [0.5, 0.6) is 5.75 Å². The van der Waals surface area contributed by atoms with Crippen molar-refractivity contribution in [3.63, 3.8) is 0 Å². The van der Waals surface area contributed by atoms with Crippen molar-refractivity contribution in [3.8, 4) is 5.75 Å². The first-order valence-electron chi connectivity index (χ1n) is 6.55. The van der Waals surface area contributed by atoms with Gasteiger partial charge in [-0.05, 0) is 25.0 Å². The van der Waals surface area contributed by atoms with Crippen LogP contribution in [0.3, 0.4) is 0 Å². The molecule has 0 saturated heterocycles. The average molecular weight is 248 g/mol. The van der Waals surface area contributed by atoms with Crippen molar-refractivity contribution in [2.24, 2.45) is 0 Å². The molecule has 1 aliphatic rings. The summed E-state index contributed by atoms with van der Waals surface area (Å²) in [6, 6.07) is 5.54. The molecule has 0 saturated carbocycles. The monoisotopic (exact) mass is 248 g/mol. The van der Waals surface area contributed by atoms with Crippen LogP contribution in [0.25, 0.3) is 0 Å². The Balaban J connectivity index is 2.39. The predicted octanol–water partition coefficient (Wildman–Crippen LogP) is 2.57. The van der Waals surface area contributed by atoms with E-state index in [-0.39, 0.29) is 12.0 Å². The van der Waals surface area contributed by atoms with Crippen LogP contribution in [-0.4, -0.2) is 18.6 Å². The minimum atomic E-state index is -0.379. The van der Waals surface area contributed by atoms with E-state index in [1.807, 2.05) is 19.1 Å². The van der Waals surface area contributed by atoms with Gasteiger partial charge in [0.2, 0.25) is 0 Å².